The van der Waals surface area contributed by atoms with Gasteiger partial charge in [0.1, 0.15) is 17.1 Å². The third-order valence-electron chi connectivity index (χ3n) is 5.86. The molecule has 0 spiro atoms. The molecule has 1 saturated carbocycles. The zero-order valence-corrected chi connectivity index (χ0v) is 17.8. The van der Waals surface area contributed by atoms with E-state index in [1.165, 1.54) is 25.3 Å². The van der Waals surface area contributed by atoms with Crippen molar-refractivity contribution < 1.29 is 39.1 Å². The van der Waals surface area contributed by atoms with E-state index in [4.69, 9.17) is 4.74 Å². The molecule has 2 aromatic carbocycles. The number of methoxy groups -OCH3 is 1. The average Bonchev–Trinajstić information content (AvgIpc) is 3.56. The Bertz CT molecular complexity index is 1330. The standard InChI is InChI=1S/C24H18F2N2O6.H2/c1-32-18-11-13(5-7-15(18)21(29)30)16-3-2-4-20(27-16)28-22(31)23(9-10-23)14-6-8-17-19(12-14)34-24(25,26)33-17;/h2-8,11-12H,9-10H2,1H3,(H,29,30)(H,27,28,31);1H. The summed E-state index contributed by atoms with van der Waals surface area (Å²) in [7, 11) is 1.38. The van der Waals surface area contributed by atoms with Crippen molar-refractivity contribution in [3.8, 4) is 28.5 Å². The van der Waals surface area contributed by atoms with E-state index >= 15 is 0 Å². The maximum atomic E-state index is 13.3. The number of rotatable bonds is 6. The van der Waals surface area contributed by atoms with Gasteiger partial charge in [0.15, 0.2) is 11.5 Å². The highest BCUT2D eigenvalue weighted by Gasteiger charge is 2.53. The van der Waals surface area contributed by atoms with Crippen molar-refractivity contribution >= 4 is 17.7 Å². The van der Waals surface area contributed by atoms with Crippen molar-refractivity contribution in [3.05, 3.63) is 65.7 Å². The van der Waals surface area contributed by atoms with Crippen LogP contribution in [0.5, 0.6) is 17.2 Å². The second kappa shape index (κ2) is 7.68. The Balaban J connectivity index is 0.00000289. The van der Waals surface area contributed by atoms with Crippen LogP contribution < -0.4 is 19.5 Å². The molecule has 1 aromatic heterocycles. The molecule has 176 valence electrons. The van der Waals surface area contributed by atoms with Crippen LogP contribution >= 0.6 is 0 Å². The fraction of sp³-hybridized carbons (Fsp3) is 0.208. The average molecular weight is 470 g/mol. The van der Waals surface area contributed by atoms with Crippen LogP contribution in [0.3, 0.4) is 0 Å². The maximum Gasteiger partial charge on any atom is 0.586 e. The van der Waals surface area contributed by atoms with Gasteiger partial charge >= 0.3 is 12.3 Å². The van der Waals surface area contributed by atoms with Crippen molar-refractivity contribution in [2.45, 2.75) is 24.6 Å². The number of carboxylic acids is 1. The van der Waals surface area contributed by atoms with Gasteiger partial charge < -0.3 is 24.6 Å². The minimum atomic E-state index is -3.73. The van der Waals surface area contributed by atoms with Crippen LogP contribution in [0.1, 0.15) is 30.2 Å². The second-order valence-electron chi connectivity index (χ2n) is 7.99. The molecule has 2 aliphatic rings. The summed E-state index contributed by atoms with van der Waals surface area (Å²) in [5, 5.41) is 12.1. The highest BCUT2D eigenvalue weighted by Crippen LogP contribution is 2.52. The van der Waals surface area contributed by atoms with Crippen molar-refractivity contribution in [1.82, 2.24) is 4.98 Å². The number of nitrogens with one attached hydrogen (secondary N) is 1. The van der Waals surface area contributed by atoms with E-state index in [1.54, 1.807) is 36.4 Å². The molecule has 1 aliphatic carbocycles. The molecule has 1 aliphatic heterocycles. The van der Waals surface area contributed by atoms with Crippen LogP contribution in [0.2, 0.25) is 0 Å². The molecule has 1 amide bonds. The summed E-state index contributed by atoms with van der Waals surface area (Å²) < 4.78 is 40.8. The topological polar surface area (TPSA) is 107 Å². The van der Waals surface area contributed by atoms with E-state index in [0.29, 0.717) is 35.5 Å². The molecule has 0 atom stereocenters. The zero-order chi connectivity index (χ0) is 24.1. The summed E-state index contributed by atoms with van der Waals surface area (Å²) in [4.78, 5) is 28.9. The Labute approximate surface area is 193 Å². The number of nitrogens with zero attached hydrogens (tertiary/aromatic N) is 1. The van der Waals surface area contributed by atoms with Gasteiger partial charge in [0.05, 0.1) is 18.2 Å². The van der Waals surface area contributed by atoms with Gasteiger partial charge in [0, 0.05) is 6.99 Å². The number of anilines is 1. The number of carboxylic acid groups (broad SMARTS) is 1. The number of pyridine rings is 1. The van der Waals surface area contributed by atoms with Crippen LogP contribution in [-0.2, 0) is 10.2 Å². The van der Waals surface area contributed by atoms with Crippen LogP contribution in [0.25, 0.3) is 11.3 Å². The normalized spacial score (nSPS) is 16.6. The molecule has 10 heteroatoms. The van der Waals surface area contributed by atoms with Crippen molar-refractivity contribution in [2.24, 2.45) is 0 Å². The van der Waals surface area contributed by atoms with Gasteiger partial charge in [-0.2, -0.15) is 0 Å². The number of fused-ring (bicyclic) bond motifs is 1. The lowest BCUT2D eigenvalue weighted by molar-refractivity contribution is -0.286. The SMILES string of the molecule is COc1cc(-c2cccc(NC(=O)C3(c4ccc5c(c4)OC(F)(F)O5)CC3)n2)ccc1C(=O)O.[HH]. The van der Waals surface area contributed by atoms with Gasteiger partial charge in [-0.15, -0.1) is 8.78 Å². The number of aromatic nitrogens is 1. The highest BCUT2D eigenvalue weighted by atomic mass is 19.3. The van der Waals surface area contributed by atoms with Gasteiger partial charge in [0.2, 0.25) is 5.91 Å². The Hall–Kier alpha value is -4.21. The molecule has 5 rings (SSSR count). The first-order valence-electron chi connectivity index (χ1n) is 10.3. The van der Waals surface area contributed by atoms with E-state index in [-0.39, 0.29) is 30.1 Å². The monoisotopic (exact) mass is 470 g/mol. The van der Waals surface area contributed by atoms with Crippen molar-refractivity contribution in [3.63, 3.8) is 0 Å². The number of benzene rings is 2. The highest BCUT2D eigenvalue weighted by molar-refractivity contribution is 6.01. The van der Waals surface area contributed by atoms with Gasteiger partial charge in [-0.1, -0.05) is 18.2 Å². The number of amides is 1. The third-order valence-corrected chi connectivity index (χ3v) is 5.86. The number of alkyl halides is 2. The summed E-state index contributed by atoms with van der Waals surface area (Å²) in [5.74, 6) is -1.14. The van der Waals surface area contributed by atoms with Crippen LogP contribution in [0.15, 0.2) is 54.6 Å². The van der Waals surface area contributed by atoms with E-state index in [1.807, 2.05) is 0 Å². The van der Waals surface area contributed by atoms with Gasteiger partial charge in [0.25, 0.3) is 0 Å². The number of ether oxygens (including phenoxy) is 3. The molecule has 34 heavy (non-hydrogen) atoms. The molecule has 8 nitrogen and oxygen atoms in total. The second-order valence-corrected chi connectivity index (χ2v) is 7.99. The van der Waals surface area contributed by atoms with Gasteiger partial charge in [-0.05, 0) is 54.8 Å². The van der Waals surface area contributed by atoms with Crippen LogP contribution in [0, 0.1) is 0 Å². The molecule has 0 saturated heterocycles. The van der Waals surface area contributed by atoms with E-state index in [9.17, 15) is 23.5 Å². The quantitative estimate of drug-likeness (QED) is 0.538. The number of hydrogen-bond donors (Lipinski definition) is 2. The van der Waals surface area contributed by atoms with Gasteiger partial charge in [-0.25, -0.2) is 9.78 Å². The summed E-state index contributed by atoms with van der Waals surface area (Å²) in [6.07, 6.45) is -2.64. The summed E-state index contributed by atoms with van der Waals surface area (Å²) in [5.41, 5.74) is 0.808. The lowest BCUT2D eigenvalue weighted by atomic mass is 9.94. The smallest absolute Gasteiger partial charge is 0.496 e. The molecule has 0 unspecified atom stereocenters. The number of carbonyl (C=O) groups excluding carboxylic acids is 1. The summed E-state index contributed by atoms with van der Waals surface area (Å²) in [6.45, 7) is 0. The molecule has 0 radical (unpaired) electrons. The molecule has 0 bridgehead atoms. The van der Waals surface area contributed by atoms with Crippen molar-refractivity contribution in [1.29, 1.82) is 0 Å². The Kier molecular flexibility index (Phi) is 4.89. The third kappa shape index (κ3) is 3.76. The lowest BCUT2D eigenvalue weighted by Gasteiger charge is -2.16. The fourth-order valence-corrected chi connectivity index (χ4v) is 3.95. The van der Waals surface area contributed by atoms with E-state index in [0.717, 1.165) is 0 Å². The van der Waals surface area contributed by atoms with E-state index < -0.39 is 17.7 Å². The molecule has 3 aromatic rings. The Morgan fingerprint density at radius 1 is 1.09 bits per heavy atom. The van der Waals surface area contributed by atoms with Crippen molar-refractivity contribution in [2.75, 3.05) is 12.4 Å². The Morgan fingerprint density at radius 3 is 2.56 bits per heavy atom. The minimum Gasteiger partial charge on any atom is -0.496 e. The van der Waals surface area contributed by atoms with Gasteiger partial charge in [-0.3, -0.25) is 4.79 Å². The van der Waals surface area contributed by atoms with Crippen LogP contribution in [0.4, 0.5) is 14.6 Å². The number of carbonyl (C=O) groups is 2. The Morgan fingerprint density at radius 2 is 1.85 bits per heavy atom. The maximum absolute atomic E-state index is 13.3. The lowest BCUT2D eigenvalue weighted by Crippen LogP contribution is -2.28. The minimum absolute atomic E-state index is 0. The predicted octanol–water partition coefficient (Wildman–Crippen LogP) is 4.69. The summed E-state index contributed by atoms with van der Waals surface area (Å²) >= 11 is 0. The molecular weight excluding hydrogens is 450 g/mol. The summed E-state index contributed by atoms with van der Waals surface area (Å²) in [6, 6.07) is 14.0. The fourth-order valence-electron chi connectivity index (χ4n) is 3.95. The molecule has 2 heterocycles. The first-order valence-corrected chi connectivity index (χ1v) is 10.3. The number of halogens is 2. The first kappa shape index (κ1) is 21.6. The molecule has 1 fully saturated rings. The number of aromatic carboxylic acids is 1. The zero-order valence-electron chi connectivity index (χ0n) is 17.8. The largest absolute Gasteiger partial charge is 0.586 e. The predicted molar refractivity (Wildman–Crippen MR) is 117 cm³/mol. The van der Waals surface area contributed by atoms with Crippen LogP contribution in [-0.4, -0.2) is 35.4 Å². The molecular formula is C24H20F2N2O6. The number of hydrogen-bond acceptors (Lipinski definition) is 6. The van der Waals surface area contributed by atoms with E-state index in [2.05, 4.69) is 19.8 Å². The first-order chi connectivity index (χ1) is 16.2. The molecule has 2 N–H and O–H groups in total.